The van der Waals surface area contributed by atoms with Crippen LogP contribution in [0.15, 0.2) is 0 Å². The molecule has 4 heteroatoms. The van der Waals surface area contributed by atoms with Crippen molar-refractivity contribution >= 4 is 34.3 Å². The van der Waals surface area contributed by atoms with E-state index in [1.54, 1.807) is 0 Å². The number of aliphatic carboxylic acids is 1. The number of carbonyl (C=O) groups is 1. The Morgan fingerprint density at radius 2 is 1.91 bits per heavy atom. The van der Waals surface area contributed by atoms with Crippen LogP contribution in [0.3, 0.4) is 0 Å². The quantitative estimate of drug-likeness (QED) is 0.718. The molecule has 0 aromatic carbocycles. The van der Waals surface area contributed by atoms with Gasteiger partial charge in [0.2, 0.25) is 0 Å². The maximum Gasteiger partial charge on any atom is 0.307 e. The first-order valence-corrected chi connectivity index (χ1v) is 4.50. The second-order valence-electron chi connectivity index (χ2n) is 2.75. The molecule has 0 aromatic rings. The van der Waals surface area contributed by atoms with Gasteiger partial charge in [0.05, 0.1) is 5.92 Å². The van der Waals surface area contributed by atoms with Gasteiger partial charge in [-0.15, -0.1) is 12.4 Å². The van der Waals surface area contributed by atoms with Crippen LogP contribution in [0.5, 0.6) is 0 Å². The van der Waals surface area contributed by atoms with Crippen molar-refractivity contribution in [2.45, 2.75) is 30.5 Å². The SMILES string of the molecule is Cl.O=C(O)C1CCCCC1Br. The number of hydrogen-bond acceptors (Lipinski definition) is 1. The molecule has 0 radical (unpaired) electrons. The molecule has 1 rings (SSSR count). The monoisotopic (exact) mass is 242 g/mol. The molecule has 1 saturated carbocycles. The van der Waals surface area contributed by atoms with Crippen molar-refractivity contribution in [2.75, 3.05) is 0 Å². The number of halogens is 2. The minimum atomic E-state index is -0.651. The van der Waals surface area contributed by atoms with Crippen LogP contribution in [0.4, 0.5) is 0 Å². The summed E-state index contributed by atoms with van der Waals surface area (Å²) in [5.41, 5.74) is 0. The molecule has 1 aliphatic rings. The van der Waals surface area contributed by atoms with Crippen molar-refractivity contribution < 1.29 is 9.90 Å². The van der Waals surface area contributed by atoms with Crippen LogP contribution in [0.1, 0.15) is 25.7 Å². The van der Waals surface area contributed by atoms with Crippen molar-refractivity contribution in [3.63, 3.8) is 0 Å². The largest absolute Gasteiger partial charge is 0.481 e. The van der Waals surface area contributed by atoms with Gasteiger partial charge >= 0.3 is 5.97 Å². The highest BCUT2D eigenvalue weighted by Crippen LogP contribution is 2.29. The molecule has 2 atom stereocenters. The Balaban J connectivity index is 0.000001000. The highest BCUT2D eigenvalue weighted by Gasteiger charge is 2.28. The Labute approximate surface area is 80.9 Å². The van der Waals surface area contributed by atoms with Crippen LogP contribution in [0, 0.1) is 5.92 Å². The Morgan fingerprint density at radius 1 is 1.36 bits per heavy atom. The lowest BCUT2D eigenvalue weighted by atomic mass is 9.89. The molecule has 1 fully saturated rings. The van der Waals surface area contributed by atoms with E-state index in [1.807, 2.05) is 0 Å². The predicted molar refractivity (Wildman–Crippen MR) is 49.6 cm³/mol. The predicted octanol–water partition coefficient (Wildman–Crippen LogP) is 2.45. The van der Waals surface area contributed by atoms with Gasteiger partial charge in [0, 0.05) is 4.83 Å². The average Bonchev–Trinajstić information content (AvgIpc) is 1.88. The minimum Gasteiger partial charge on any atom is -0.481 e. The molecule has 66 valence electrons. The van der Waals surface area contributed by atoms with E-state index in [0.29, 0.717) is 0 Å². The van der Waals surface area contributed by atoms with E-state index in [2.05, 4.69) is 15.9 Å². The molecule has 1 aliphatic carbocycles. The fraction of sp³-hybridized carbons (Fsp3) is 0.857. The smallest absolute Gasteiger partial charge is 0.307 e. The highest BCUT2D eigenvalue weighted by molar-refractivity contribution is 9.09. The molecule has 1 N–H and O–H groups in total. The number of carboxylic acids is 1. The molecule has 0 saturated heterocycles. The van der Waals surface area contributed by atoms with Crippen LogP contribution in [0.25, 0.3) is 0 Å². The number of hydrogen-bond donors (Lipinski definition) is 1. The third-order valence-electron chi connectivity index (χ3n) is 2.00. The molecular formula is C7H12BrClO2. The summed E-state index contributed by atoms with van der Waals surface area (Å²) < 4.78 is 0. The summed E-state index contributed by atoms with van der Waals surface area (Å²) in [6.45, 7) is 0. The second kappa shape index (κ2) is 4.99. The molecule has 0 amide bonds. The van der Waals surface area contributed by atoms with Crippen LogP contribution < -0.4 is 0 Å². The van der Waals surface area contributed by atoms with Gasteiger partial charge in [0.15, 0.2) is 0 Å². The van der Waals surface area contributed by atoms with Gasteiger partial charge in [-0.05, 0) is 12.8 Å². The summed E-state index contributed by atoms with van der Waals surface area (Å²) in [5, 5.41) is 8.68. The van der Waals surface area contributed by atoms with Crippen molar-refractivity contribution in [2.24, 2.45) is 5.92 Å². The maximum absolute atomic E-state index is 10.5. The van der Waals surface area contributed by atoms with Crippen LogP contribution >= 0.6 is 28.3 Å². The summed E-state index contributed by atoms with van der Waals surface area (Å²) in [7, 11) is 0. The van der Waals surface area contributed by atoms with E-state index in [-0.39, 0.29) is 23.2 Å². The van der Waals surface area contributed by atoms with E-state index in [4.69, 9.17) is 5.11 Å². The second-order valence-corrected chi connectivity index (χ2v) is 3.92. The van der Waals surface area contributed by atoms with E-state index in [1.165, 1.54) is 6.42 Å². The summed E-state index contributed by atoms with van der Waals surface area (Å²) >= 11 is 3.37. The molecule has 0 heterocycles. The van der Waals surface area contributed by atoms with Crippen LogP contribution in [-0.2, 0) is 4.79 Å². The Morgan fingerprint density at radius 3 is 2.27 bits per heavy atom. The van der Waals surface area contributed by atoms with Gasteiger partial charge in [0.25, 0.3) is 0 Å². The zero-order valence-electron chi connectivity index (χ0n) is 6.12. The third-order valence-corrected chi connectivity index (χ3v) is 3.09. The fourth-order valence-corrected chi connectivity index (χ4v) is 2.18. The zero-order chi connectivity index (χ0) is 7.56. The fourth-order valence-electron chi connectivity index (χ4n) is 1.36. The molecular weight excluding hydrogens is 231 g/mol. The molecule has 11 heavy (non-hydrogen) atoms. The van der Waals surface area contributed by atoms with E-state index in [9.17, 15) is 4.79 Å². The van der Waals surface area contributed by atoms with Crippen molar-refractivity contribution in [1.82, 2.24) is 0 Å². The number of alkyl halides is 1. The normalized spacial score (nSPS) is 30.6. The first kappa shape index (κ1) is 11.2. The van der Waals surface area contributed by atoms with E-state index >= 15 is 0 Å². The Hall–Kier alpha value is 0.240. The first-order valence-electron chi connectivity index (χ1n) is 3.58. The first-order chi connectivity index (χ1) is 4.72. The Kier molecular flexibility index (Phi) is 5.10. The molecule has 0 spiro atoms. The number of carboxylic acid groups (broad SMARTS) is 1. The molecule has 0 bridgehead atoms. The lowest BCUT2D eigenvalue weighted by Gasteiger charge is -2.23. The van der Waals surface area contributed by atoms with Gasteiger partial charge in [-0.25, -0.2) is 0 Å². The van der Waals surface area contributed by atoms with Crippen molar-refractivity contribution in [3.05, 3.63) is 0 Å². The van der Waals surface area contributed by atoms with Crippen molar-refractivity contribution in [1.29, 1.82) is 0 Å². The van der Waals surface area contributed by atoms with Crippen LogP contribution in [0.2, 0.25) is 0 Å². The van der Waals surface area contributed by atoms with E-state index in [0.717, 1.165) is 19.3 Å². The van der Waals surface area contributed by atoms with Gasteiger partial charge in [-0.1, -0.05) is 28.8 Å². The van der Waals surface area contributed by atoms with Crippen molar-refractivity contribution in [3.8, 4) is 0 Å². The topological polar surface area (TPSA) is 37.3 Å². The molecule has 2 nitrogen and oxygen atoms in total. The maximum atomic E-state index is 10.5. The summed E-state index contributed by atoms with van der Waals surface area (Å²) in [4.78, 5) is 10.7. The lowest BCUT2D eigenvalue weighted by Crippen LogP contribution is -2.26. The standard InChI is InChI=1S/C7H11BrO2.ClH/c8-6-4-2-1-3-5(6)7(9)10;/h5-6H,1-4H2,(H,9,10);1H. The molecule has 0 aromatic heterocycles. The van der Waals surface area contributed by atoms with Gasteiger partial charge in [-0.2, -0.15) is 0 Å². The third kappa shape index (κ3) is 2.99. The summed E-state index contributed by atoms with van der Waals surface area (Å²) in [6, 6.07) is 0. The number of rotatable bonds is 1. The van der Waals surface area contributed by atoms with Gasteiger partial charge in [-0.3, -0.25) is 4.79 Å². The van der Waals surface area contributed by atoms with Crippen LogP contribution in [-0.4, -0.2) is 15.9 Å². The lowest BCUT2D eigenvalue weighted by molar-refractivity contribution is -0.142. The summed E-state index contributed by atoms with van der Waals surface area (Å²) in [6.07, 6.45) is 4.08. The highest BCUT2D eigenvalue weighted by atomic mass is 79.9. The van der Waals surface area contributed by atoms with E-state index < -0.39 is 5.97 Å². The molecule has 2 unspecified atom stereocenters. The van der Waals surface area contributed by atoms with Gasteiger partial charge < -0.3 is 5.11 Å². The Bertz CT molecular complexity index is 140. The minimum absolute atomic E-state index is 0. The summed E-state index contributed by atoms with van der Waals surface area (Å²) in [5.74, 6) is -0.796. The zero-order valence-corrected chi connectivity index (χ0v) is 8.53. The van der Waals surface area contributed by atoms with Gasteiger partial charge in [0.1, 0.15) is 0 Å². The molecule has 0 aliphatic heterocycles. The average molecular weight is 244 g/mol.